The molecule has 2 nitrogen and oxygen atoms in total. The molecule has 0 bridgehead atoms. The molecule has 3 rings (SSSR count). The van der Waals surface area contributed by atoms with Gasteiger partial charge in [-0.05, 0) is 34.9 Å². The van der Waals surface area contributed by atoms with Gasteiger partial charge in [0.1, 0.15) is 0 Å². The Bertz CT molecular complexity index is 763. The van der Waals surface area contributed by atoms with Gasteiger partial charge in [0, 0.05) is 15.1 Å². The lowest BCUT2D eigenvalue weighted by molar-refractivity contribution is 0.281. The van der Waals surface area contributed by atoms with E-state index in [4.69, 9.17) is 10.2 Å². The minimum Gasteiger partial charge on any atom is -0.392 e. The topological polar surface area (TPSA) is 40.5 Å². The molecule has 0 aromatic heterocycles. The third-order valence-electron chi connectivity index (χ3n) is 3.46. The lowest BCUT2D eigenvalue weighted by Crippen LogP contribution is -1.84. The number of benzene rings is 3. The molecule has 25 heavy (non-hydrogen) atoms. The van der Waals surface area contributed by atoms with Gasteiger partial charge in [-0.3, -0.25) is 0 Å². The Morgan fingerprint density at radius 3 is 2.04 bits per heavy atom. The number of rotatable bonds is 5. The van der Waals surface area contributed by atoms with E-state index >= 15 is 0 Å². The van der Waals surface area contributed by atoms with Gasteiger partial charge in [-0.2, -0.15) is 0 Å². The van der Waals surface area contributed by atoms with Crippen molar-refractivity contribution in [3.63, 3.8) is 0 Å². The maximum absolute atomic E-state index is 9.04. The molecule has 2 N–H and O–H groups in total. The van der Waals surface area contributed by atoms with Crippen molar-refractivity contribution in [1.82, 2.24) is 0 Å². The molecule has 0 aliphatic heterocycles. The van der Waals surface area contributed by atoms with Crippen molar-refractivity contribution >= 4 is 27.7 Å². The van der Waals surface area contributed by atoms with E-state index in [0.29, 0.717) is 0 Å². The SMILES string of the molecule is OCc1cccc(SCc2ccccc2)c1.OCc1ccccc1Br. The number of aliphatic hydroxyl groups is 2. The lowest BCUT2D eigenvalue weighted by atomic mass is 10.2. The highest BCUT2D eigenvalue weighted by molar-refractivity contribution is 9.10. The van der Waals surface area contributed by atoms with E-state index in [2.05, 4.69) is 46.3 Å². The highest BCUT2D eigenvalue weighted by Crippen LogP contribution is 2.23. The predicted octanol–water partition coefficient (Wildman–Crippen LogP) is 5.41. The van der Waals surface area contributed by atoms with Crippen LogP contribution in [0.5, 0.6) is 0 Å². The van der Waals surface area contributed by atoms with Crippen molar-refractivity contribution in [3.05, 3.63) is 100 Å². The second-order valence-corrected chi connectivity index (χ2v) is 7.23. The number of hydrogen-bond donors (Lipinski definition) is 2. The second-order valence-electron chi connectivity index (χ2n) is 5.33. The maximum Gasteiger partial charge on any atom is 0.0692 e. The molecule has 3 aromatic rings. The monoisotopic (exact) mass is 416 g/mol. The van der Waals surface area contributed by atoms with Gasteiger partial charge in [-0.1, -0.05) is 76.6 Å². The van der Waals surface area contributed by atoms with Gasteiger partial charge in [0.25, 0.3) is 0 Å². The van der Waals surface area contributed by atoms with Gasteiger partial charge in [-0.15, -0.1) is 11.8 Å². The van der Waals surface area contributed by atoms with E-state index in [1.807, 2.05) is 48.5 Å². The average molecular weight is 417 g/mol. The summed E-state index contributed by atoms with van der Waals surface area (Å²) in [6.07, 6.45) is 0. The number of halogens is 1. The predicted molar refractivity (Wildman–Crippen MR) is 108 cm³/mol. The fourth-order valence-corrected chi connectivity index (χ4v) is 3.45. The van der Waals surface area contributed by atoms with Gasteiger partial charge in [-0.25, -0.2) is 0 Å². The van der Waals surface area contributed by atoms with Crippen LogP contribution < -0.4 is 0 Å². The quantitative estimate of drug-likeness (QED) is 0.546. The molecular weight excluding hydrogens is 396 g/mol. The Morgan fingerprint density at radius 2 is 1.40 bits per heavy atom. The van der Waals surface area contributed by atoms with Crippen LogP contribution in [0.25, 0.3) is 0 Å². The maximum atomic E-state index is 9.04. The minimum atomic E-state index is 0.0986. The largest absolute Gasteiger partial charge is 0.392 e. The van der Waals surface area contributed by atoms with Crippen molar-refractivity contribution in [2.75, 3.05) is 0 Å². The summed E-state index contributed by atoms with van der Waals surface area (Å²) < 4.78 is 0.965. The summed E-state index contributed by atoms with van der Waals surface area (Å²) >= 11 is 5.09. The lowest BCUT2D eigenvalue weighted by Gasteiger charge is -2.03. The fourth-order valence-electron chi connectivity index (χ4n) is 2.10. The van der Waals surface area contributed by atoms with E-state index in [1.165, 1.54) is 10.5 Å². The smallest absolute Gasteiger partial charge is 0.0692 e. The Labute approximate surface area is 161 Å². The number of thioether (sulfide) groups is 1. The van der Waals surface area contributed by atoms with E-state index in [0.717, 1.165) is 21.4 Å². The van der Waals surface area contributed by atoms with Crippen LogP contribution in [0, 0.1) is 0 Å². The van der Waals surface area contributed by atoms with Crippen LogP contribution >= 0.6 is 27.7 Å². The number of hydrogen-bond acceptors (Lipinski definition) is 3. The van der Waals surface area contributed by atoms with Crippen molar-refractivity contribution in [2.45, 2.75) is 23.9 Å². The molecule has 0 aliphatic rings. The summed E-state index contributed by atoms with van der Waals surface area (Å²) in [5.74, 6) is 0.968. The summed E-state index contributed by atoms with van der Waals surface area (Å²) in [7, 11) is 0. The van der Waals surface area contributed by atoms with Crippen molar-refractivity contribution in [2.24, 2.45) is 0 Å². The van der Waals surface area contributed by atoms with Gasteiger partial charge in [0.05, 0.1) is 13.2 Å². The standard InChI is InChI=1S/C14H14OS.C7H7BrO/c15-10-13-7-4-8-14(9-13)16-11-12-5-2-1-3-6-12;8-7-4-2-1-3-6(7)5-9/h1-9,15H,10-11H2;1-4,9H,5H2. The van der Waals surface area contributed by atoms with Crippen LogP contribution in [-0.2, 0) is 19.0 Å². The molecule has 0 radical (unpaired) electrons. The molecule has 3 aromatic carbocycles. The molecule has 0 saturated heterocycles. The van der Waals surface area contributed by atoms with Crippen molar-refractivity contribution in [1.29, 1.82) is 0 Å². The van der Waals surface area contributed by atoms with Crippen molar-refractivity contribution < 1.29 is 10.2 Å². The van der Waals surface area contributed by atoms with Gasteiger partial charge < -0.3 is 10.2 Å². The first-order valence-corrected chi connectivity index (χ1v) is 9.71. The Morgan fingerprint density at radius 1 is 0.720 bits per heavy atom. The van der Waals surface area contributed by atoms with Gasteiger partial charge in [0.2, 0.25) is 0 Å². The molecule has 0 fully saturated rings. The van der Waals surface area contributed by atoms with E-state index < -0.39 is 0 Å². The summed E-state index contributed by atoms with van der Waals surface area (Å²) in [6.45, 7) is 0.209. The van der Waals surface area contributed by atoms with Crippen LogP contribution in [0.4, 0.5) is 0 Å². The summed E-state index contributed by atoms with van der Waals surface area (Å²) in [5, 5.41) is 17.7. The first-order chi connectivity index (χ1) is 12.2. The summed E-state index contributed by atoms with van der Waals surface area (Å²) in [6, 6.07) is 26.0. The van der Waals surface area contributed by atoms with E-state index in [1.54, 1.807) is 11.8 Å². The zero-order valence-corrected chi connectivity index (χ0v) is 16.2. The third-order valence-corrected chi connectivity index (χ3v) is 5.30. The highest BCUT2D eigenvalue weighted by atomic mass is 79.9. The summed E-state index contributed by atoms with van der Waals surface area (Å²) in [4.78, 5) is 1.20. The van der Waals surface area contributed by atoms with Gasteiger partial charge >= 0.3 is 0 Å². The molecule has 130 valence electrons. The molecule has 0 heterocycles. The molecule has 0 spiro atoms. The molecule has 4 heteroatoms. The van der Waals surface area contributed by atoms with Crippen molar-refractivity contribution in [3.8, 4) is 0 Å². The Kier molecular flexibility index (Phi) is 8.77. The summed E-state index contributed by atoms with van der Waals surface area (Å²) in [5.41, 5.74) is 3.22. The molecule has 0 saturated carbocycles. The van der Waals surface area contributed by atoms with Crippen LogP contribution in [0.2, 0.25) is 0 Å². The first kappa shape index (κ1) is 19.7. The zero-order chi connectivity index (χ0) is 17.9. The first-order valence-electron chi connectivity index (χ1n) is 7.93. The molecule has 0 amide bonds. The molecule has 0 unspecified atom stereocenters. The zero-order valence-electron chi connectivity index (χ0n) is 13.8. The third kappa shape index (κ3) is 7.04. The Balaban J connectivity index is 0.000000212. The molecule has 0 aliphatic carbocycles. The normalized spacial score (nSPS) is 10.0. The van der Waals surface area contributed by atoms with Crippen LogP contribution in [0.3, 0.4) is 0 Å². The van der Waals surface area contributed by atoms with Gasteiger partial charge in [0.15, 0.2) is 0 Å². The highest BCUT2D eigenvalue weighted by Gasteiger charge is 1.97. The van der Waals surface area contributed by atoms with Crippen LogP contribution in [-0.4, -0.2) is 10.2 Å². The van der Waals surface area contributed by atoms with E-state index in [-0.39, 0.29) is 13.2 Å². The fraction of sp³-hybridized carbons (Fsp3) is 0.143. The van der Waals surface area contributed by atoms with E-state index in [9.17, 15) is 0 Å². The average Bonchev–Trinajstić information content (AvgIpc) is 2.68. The number of aliphatic hydroxyl groups excluding tert-OH is 2. The van der Waals surface area contributed by atoms with Crippen LogP contribution in [0.15, 0.2) is 88.2 Å². The second kappa shape index (κ2) is 11.1. The minimum absolute atomic E-state index is 0.0986. The molecule has 0 atom stereocenters. The van der Waals surface area contributed by atoms with Crippen LogP contribution in [0.1, 0.15) is 16.7 Å². The Hall–Kier alpha value is -1.59. The molecular formula is C21H21BrO2S.